The van der Waals surface area contributed by atoms with E-state index >= 15 is 0 Å². The highest BCUT2D eigenvalue weighted by molar-refractivity contribution is 5.63. The molecule has 112 valence electrons. The van der Waals surface area contributed by atoms with E-state index in [0.717, 1.165) is 12.1 Å². The molecule has 0 radical (unpaired) electrons. The lowest BCUT2D eigenvalue weighted by Gasteiger charge is -2.14. The van der Waals surface area contributed by atoms with Crippen LogP contribution in [-0.2, 0) is 6.18 Å². The van der Waals surface area contributed by atoms with Crippen LogP contribution in [0.2, 0.25) is 0 Å². The van der Waals surface area contributed by atoms with Gasteiger partial charge in [-0.25, -0.2) is 14.4 Å². The summed E-state index contributed by atoms with van der Waals surface area (Å²) in [5, 5.41) is 0. The number of alkyl halides is 3. The van der Waals surface area contributed by atoms with Crippen molar-refractivity contribution >= 4 is 5.82 Å². The second kappa shape index (κ2) is 5.31. The molecule has 0 bridgehead atoms. The van der Waals surface area contributed by atoms with Crippen molar-refractivity contribution < 1.29 is 17.6 Å². The quantitative estimate of drug-likeness (QED) is 0.852. The van der Waals surface area contributed by atoms with Crippen molar-refractivity contribution in [2.24, 2.45) is 0 Å². The van der Waals surface area contributed by atoms with Gasteiger partial charge in [0.15, 0.2) is 5.82 Å². The molecule has 0 aliphatic rings. The van der Waals surface area contributed by atoms with E-state index in [1.165, 1.54) is 6.07 Å². The molecule has 0 atom stereocenters. The Morgan fingerprint density at radius 1 is 1.10 bits per heavy atom. The highest BCUT2D eigenvalue weighted by Gasteiger charge is 2.34. The lowest BCUT2D eigenvalue weighted by atomic mass is 10.0. The van der Waals surface area contributed by atoms with Gasteiger partial charge >= 0.3 is 6.18 Å². The maximum absolute atomic E-state index is 13.3. The van der Waals surface area contributed by atoms with Crippen LogP contribution in [0.4, 0.5) is 23.4 Å². The largest absolute Gasteiger partial charge is 0.417 e. The van der Waals surface area contributed by atoms with Gasteiger partial charge in [-0.1, -0.05) is 13.8 Å². The van der Waals surface area contributed by atoms with Gasteiger partial charge in [-0.15, -0.1) is 0 Å². The zero-order valence-corrected chi connectivity index (χ0v) is 11.4. The molecule has 2 rings (SSSR count). The zero-order chi connectivity index (χ0) is 15.8. The van der Waals surface area contributed by atoms with Gasteiger partial charge in [0.2, 0.25) is 0 Å². The SMILES string of the molecule is CC(C)c1cc(N)nc(-c2cc(F)ccc2C(F)(F)F)n1. The van der Waals surface area contributed by atoms with Crippen LogP contribution in [-0.4, -0.2) is 9.97 Å². The molecule has 21 heavy (non-hydrogen) atoms. The fraction of sp³-hybridized carbons (Fsp3) is 0.286. The number of aromatic nitrogens is 2. The molecule has 0 saturated heterocycles. The number of hydrogen-bond acceptors (Lipinski definition) is 3. The van der Waals surface area contributed by atoms with Crippen LogP contribution >= 0.6 is 0 Å². The van der Waals surface area contributed by atoms with Gasteiger partial charge in [0.25, 0.3) is 0 Å². The summed E-state index contributed by atoms with van der Waals surface area (Å²) in [4.78, 5) is 7.86. The van der Waals surface area contributed by atoms with Crippen molar-refractivity contribution in [1.82, 2.24) is 9.97 Å². The smallest absolute Gasteiger partial charge is 0.384 e. The van der Waals surface area contributed by atoms with Crippen LogP contribution in [0.1, 0.15) is 31.0 Å². The fourth-order valence-corrected chi connectivity index (χ4v) is 1.85. The summed E-state index contributed by atoms with van der Waals surface area (Å²) in [6.45, 7) is 3.64. The molecule has 1 aromatic carbocycles. The van der Waals surface area contributed by atoms with E-state index in [-0.39, 0.29) is 17.6 Å². The lowest BCUT2D eigenvalue weighted by Crippen LogP contribution is -2.10. The summed E-state index contributed by atoms with van der Waals surface area (Å²) in [6.07, 6.45) is -4.63. The number of anilines is 1. The highest BCUT2D eigenvalue weighted by Crippen LogP contribution is 2.36. The zero-order valence-electron chi connectivity index (χ0n) is 11.4. The minimum atomic E-state index is -4.63. The number of hydrogen-bond donors (Lipinski definition) is 1. The molecule has 0 unspecified atom stereocenters. The molecule has 0 aliphatic carbocycles. The van der Waals surface area contributed by atoms with Gasteiger partial charge in [0.1, 0.15) is 11.6 Å². The molecule has 0 fully saturated rings. The van der Waals surface area contributed by atoms with Crippen molar-refractivity contribution in [3.63, 3.8) is 0 Å². The molecule has 0 spiro atoms. The summed E-state index contributed by atoms with van der Waals surface area (Å²) in [7, 11) is 0. The summed E-state index contributed by atoms with van der Waals surface area (Å²) in [5.74, 6) is -1.03. The first kappa shape index (κ1) is 15.2. The van der Waals surface area contributed by atoms with E-state index in [2.05, 4.69) is 9.97 Å². The standard InChI is InChI=1S/C14H13F4N3/c1-7(2)11-6-12(19)21-13(20-11)9-5-8(15)3-4-10(9)14(16,17)18/h3-7H,1-2H3,(H2,19,20,21). The van der Waals surface area contributed by atoms with E-state index < -0.39 is 23.1 Å². The third-order valence-corrected chi connectivity index (χ3v) is 2.89. The average Bonchev–Trinajstić information content (AvgIpc) is 2.36. The molecule has 2 N–H and O–H groups in total. The first-order valence-corrected chi connectivity index (χ1v) is 6.20. The maximum Gasteiger partial charge on any atom is 0.417 e. The third-order valence-electron chi connectivity index (χ3n) is 2.89. The normalized spacial score (nSPS) is 12.0. The van der Waals surface area contributed by atoms with Crippen LogP contribution < -0.4 is 5.73 Å². The maximum atomic E-state index is 13.3. The molecule has 2 aromatic rings. The first-order chi connectivity index (χ1) is 9.68. The van der Waals surface area contributed by atoms with E-state index in [1.54, 1.807) is 0 Å². The van der Waals surface area contributed by atoms with Gasteiger partial charge in [-0.2, -0.15) is 13.2 Å². The van der Waals surface area contributed by atoms with Crippen LogP contribution in [0.5, 0.6) is 0 Å². The number of halogens is 4. The third kappa shape index (κ3) is 3.29. The van der Waals surface area contributed by atoms with Crippen molar-refractivity contribution in [3.05, 3.63) is 41.3 Å². The Labute approximate surface area is 118 Å². The molecule has 1 heterocycles. The van der Waals surface area contributed by atoms with Gasteiger partial charge in [0.05, 0.1) is 5.56 Å². The predicted octanol–water partition coefficient (Wildman–Crippen LogP) is 4.01. The Balaban J connectivity index is 2.69. The van der Waals surface area contributed by atoms with Gasteiger partial charge in [0, 0.05) is 17.3 Å². The number of rotatable bonds is 2. The predicted molar refractivity (Wildman–Crippen MR) is 70.9 cm³/mol. The number of nitrogens with two attached hydrogens (primary N) is 1. The molecule has 0 amide bonds. The van der Waals surface area contributed by atoms with Crippen molar-refractivity contribution in [2.75, 3.05) is 5.73 Å². The Kier molecular flexibility index (Phi) is 3.85. The Hall–Kier alpha value is -2.18. The molecule has 1 aromatic heterocycles. The topological polar surface area (TPSA) is 51.8 Å². The molecule has 7 heteroatoms. The van der Waals surface area contributed by atoms with Crippen molar-refractivity contribution in [2.45, 2.75) is 25.9 Å². The molecule has 0 saturated carbocycles. The second-order valence-electron chi connectivity index (χ2n) is 4.88. The second-order valence-corrected chi connectivity index (χ2v) is 4.88. The summed E-state index contributed by atoms with van der Waals surface area (Å²) in [6, 6.07) is 3.68. The van der Waals surface area contributed by atoms with Crippen LogP contribution in [0.25, 0.3) is 11.4 Å². The van der Waals surface area contributed by atoms with Crippen LogP contribution in [0.3, 0.4) is 0 Å². The molecular weight excluding hydrogens is 286 g/mol. The van der Waals surface area contributed by atoms with Crippen molar-refractivity contribution in [1.29, 1.82) is 0 Å². The monoisotopic (exact) mass is 299 g/mol. The number of nitrogen functional groups attached to an aromatic ring is 1. The molecule has 0 aliphatic heterocycles. The minimum absolute atomic E-state index is 0.0427. The van der Waals surface area contributed by atoms with Gasteiger partial charge < -0.3 is 5.73 Å². The Morgan fingerprint density at radius 2 is 1.76 bits per heavy atom. The number of benzene rings is 1. The Morgan fingerprint density at radius 3 is 2.33 bits per heavy atom. The van der Waals surface area contributed by atoms with Crippen LogP contribution in [0.15, 0.2) is 24.3 Å². The first-order valence-electron chi connectivity index (χ1n) is 6.20. The molecule has 3 nitrogen and oxygen atoms in total. The Bertz CT molecular complexity index is 666. The molecular formula is C14H13F4N3. The summed E-state index contributed by atoms with van der Waals surface area (Å²) in [5.41, 5.74) is 4.69. The summed E-state index contributed by atoms with van der Waals surface area (Å²) < 4.78 is 52.4. The fourth-order valence-electron chi connectivity index (χ4n) is 1.85. The van der Waals surface area contributed by atoms with E-state index in [1.807, 2.05) is 13.8 Å². The highest BCUT2D eigenvalue weighted by atomic mass is 19.4. The summed E-state index contributed by atoms with van der Waals surface area (Å²) >= 11 is 0. The van der Waals surface area contributed by atoms with Gasteiger partial charge in [-0.05, 0) is 24.1 Å². The van der Waals surface area contributed by atoms with Crippen molar-refractivity contribution in [3.8, 4) is 11.4 Å². The van der Waals surface area contributed by atoms with E-state index in [0.29, 0.717) is 11.8 Å². The average molecular weight is 299 g/mol. The number of nitrogens with zero attached hydrogens (tertiary/aromatic N) is 2. The van der Waals surface area contributed by atoms with Gasteiger partial charge in [-0.3, -0.25) is 0 Å². The van der Waals surface area contributed by atoms with E-state index in [9.17, 15) is 17.6 Å². The van der Waals surface area contributed by atoms with E-state index in [4.69, 9.17) is 5.73 Å². The minimum Gasteiger partial charge on any atom is -0.384 e. The lowest BCUT2D eigenvalue weighted by molar-refractivity contribution is -0.137. The van der Waals surface area contributed by atoms with Crippen LogP contribution in [0, 0.1) is 5.82 Å².